The summed E-state index contributed by atoms with van der Waals surface area (Å²) in [5.74, 6) is 0.385. The van der Waals surface area contributed by atoms with Crippen LogP contribution in [0.25, 0.3) is 0 Å². The van der Waals surface area contributed by atoms with Gasteiger partial charge in [-0.25, -0.2) is 8.42 Å². The lowest BCUT2D eigenvalue weighted by Gasteiger charge is -2.20. The Bertz CT molecular complexity index is 231. The summed E-state index contributed by atoms with van der Waals surface area (Å²) in [5.41, 5.74) is 0. The fourth-order valence-corrected chi connectivity index (χ4v) is 4.15. The minimum absolute atomic E-state index is 0.132. The fourth-order valence-electron chi connectivity index (χ4n) is 1.92. The summed E-state index contributed by atoms with van der Waals surface area (Å²) in [6.45, 7) is 2.02. The van der Waals surface area contributed by atoms with Crippen LogP contribution in [0.15, 0.2) is 0 Å². The zero-order valence-corrected chi connectivity index (χ0v) is 8.52. The number of sulfone groups is 1. The zero-order valence-electron chi connectivity index (χ0n) is 7.71. The van der Waals surface area contributed by atoms with Gasteiger partial charge in [-0.3, -0.25) is 0 Å². The van der Waals surface area contributed by atoms with E-state index in [2.05, 4.69) is 5.32 Å². The predicted octanol–water partition coefficient (Wildman–Crippen LogP) is 0.562. The Morgan fingerprint density at radius 1 is 1.58 bits per heavy atom. The van der Waals surface area contributed by atoms with E-state index in [-0.39, 0.29) is 11.3 Å². The largest absolute Gasteiger partial charge is 0.316 e. The normalized spacial score (nSPS) is 30.3. The lowest BCUT2D eigenvalue weighted by molar-refractivity contribution is 0.491. The van der Waals surface area contributed by atoms with E-state index in [1.54, 1.807) is 0 Å². The Morgan fingerprint density at radius 3 is 2.58 bits per heavy atom. The van der Waals surface area contributed by atoms with Crippen LogP contribution in [0, 0.1) is 0 Å². The summed E-state index contributed by atoms with van der Waals surface area (Å²) in [5, 5.41) is 2.94. The molecule has 1 aliphatic heterocycles. The van der Waals surface area contributed by atoms with Gasteiger partial charge in [0.15, 0.2) is 9.84 Å². The molecule has 1 aliphatic rings. The quantitative estimate of drug-likeness (QED) is 0.709. The van der Waals surface area contributed by atoms with E-state index in [1.165, 1.54) is 0 Å². The highest BCUT2D eigenvalue weighted by molar-refractivity contribution is 7.92. The van der Waals surface area contributed by atoms with Gasteiger partial charge in [0.2, 0.25) is 0 Å². The second kappa shape index (κ2) is 3.75. The molecule has 1 N–H and O–H groups in total. The maximum Gasteiger partial charge on any atom is 0.154 e. The lowest BCUT2D eigenvalue weighted by atomic mass is 10.1. The third-order valence-electron chi connectivity index (χ3n) is 2.64. The highest BCUT2D eigenvalue weighted by atomic mass is 32.2. The van der Waals surface area contributed by atoms with Gasteiger partial charge in [0, 0.05) is 6.04 Å². The Balaban J connectivity index is 2.74. The van der Waals surface area contributed by atoms with Crippen LogP contribution < -0.4 is 5.32 Å². The molecule has 0 amide bonds. The first-order chi connectivity index (χ1) is 5.61. The number of hydrogen-bond donors (Lipinski definition) is 1. The minimum Gasteiger partial charge on any atom is -0.316 e. The standard InChI is InChI=1S/C8H17NO2S/c1-3-7(9-2)8-5-4-6-12(8,10)11/h7-9H,3-6H2,1-2H3. The van der Waals surface area contributed by atoms with E-state index in [0.717, 1.165) is 19.3 Å². The molecule has 1 heterocycles. The Hall–Kier alpha value is -0.0900. The lowest BCUT2D eigenvalue weighted by Crippen LogP contribution is -2.39. The zero-order chi connectivity index (χ0) is 9.19. The Kier molecular flexibility index (Phi) is 3.12. The number of nitrogens with one attached hydrogen (secondary N) is 1. The molecule has 0 aromatic carbocycles. The predicted molar refractivity (Wildman–Crippen MR) is 49.9 cm³/mol. The maximum absolute atomic E-state index is 11.5. The van der Waals surface area contributed by atoms with E-state index in [1.807, 2.05) is 14.0 Å². The van der Waals surface area contributed by atoms with Crippen molar-refractivity contribution >= 4 is 9.84 Å². The van der Waals surface area contributed by atoms with Gasteiger partial charge in [-0.2, -0.15) is 0 Å². The van der Waals surface area contributed by atoms with E-state index in [0.29, 0.717) is 5.75 Å². The van der Waals surface area contributed by atoms with Crippen molar-refractivity contribution < 1.29 is 8.42 Å². The van der Waals surface area contributed by atoms with Gasteiger partial charge in [0.1, 0.15) is 0 Å². The average Bonchev–Trinajstić information content (AvgIpc) is 2.34. The molecule has 0 radical (unpaired) electrons. The van der Waals surface area contributed by atoms with Crippen molar-refractivity contribution in [2.24, 2.45) is 0 Å². The summed E-state index contributed by atoms with van der Waals surface area (Å²) < 4.78 is 23.0. The van der Waals surface area contributed by atoms with Crippen molar-refractivity contribution in [1.29, 1.82) is 0 Å². The van der Waals surface area contributed by atoms with Gasteiger partial charge in [-0.15, -0.1) is 0 Å². The maximum atomic E-state index is 11.5. The molecular weight excluding hydrogens is 174 g/mol. The van der Waals surface area contributed by atoms with Crippen LogP contribution in [0.1, 0.15) is 26.2 Å². The second-order valence-corrected chi connectivity index (χ2v) is 5.69. The fraction of sp³-hybridized carbons (Fsp3) is 1.00. The van der Waals surface area contributed by atoms with Crippen LogP contribution in [0.4, 0.5) is 0 Å². The van der Waals surface area contributed by atoms with Gasteiger partial charge in [0.05, 0.1) is 11.0 Å². The molecule has 1 saturated heterocycles. The van der Waals surface area contributed by atoms with Crippen molar-refractivity contribution in [3.05, 3.63) is 0 Å². The Morgan fingerprint density at radius 2 is 2.25 bits per heavy atom. The number of rotatable bonds is 3. The van der Waals surface area contributed by atoms with Crippen molar-refractivity contribution in [2.75, 3.05) is 12.8 Å². The monoisotopic (exact) mass is 191 g/mol. The summed E-state index contributed by atoms with van der Waals surface area (Å²) >= 11 is 0. The van der Waals surface area contributed by atoms with Gasteiger partial charge < -0.3 is 5.32 Å². The van der Waals surface area contributed by atoms with Crippen LogP contribution in [-0.4, -0.2) is 32.5 Å². The van der Waals surface area contributed by atoms with E-state index >= 15 is 0 Å². The van der Waals surface area contributed by atoms with Gasteiger partial charge in [-0.05, 0) is 26.3 Å². The van der Waals surface area contributed by atoms with Crippen LogP contribution in [-0.2, 0) is 9.84 Å². The van der Waals surface area contributed by atoms with Crippen LogP contribution >= 0.6 is 0 Å². The van der Waals surface area contributed by atoms with Gasteiger partial charge >= 0.3 is 0 Å². The summed E-state index contributed by atoms with van der Waals surface area (Å²) in [4.78, 5) is 0. The third-order valence-corrected chi connectivity index (χ3v) is 4.98. The third kappa shape index (κ3) is 1.80. The van der Waals surface area contributed by atoms with Crippen LogP contribution in [0.3, 0.4) is 0 Å². The van der Waals surface area contributed by atoms with Crippen LogP contribution in [0.5, 0.6) is 0 Å². The van der Waals surface area contributed by atoms with Crippen molar-refractivity contribution in [3.8, 4) is 0 Å². The summed E-state index contributed by atoms with van der Waals surface area (Å²) in [6, 6.07) is 0.150. The van der Waals surface area contributed by atoms with Gasteiger partial charge in [-0.1, -0.05) is 6.92 Å². The molecule has 72 valence electrons. The van der Waals surface area contributed by atoms with Crippen LogP contribution in [0.2, 0.25) is 0 Å². The van der Waals surface area contributed by atoms with E-state index in [9.17, 15) is 8.42 Å². The topological polar surface area (TPSA) is 46.2 Å². The molecule has 0 bridgehead atoms. The molecule has 0 spiro atoms. The average molecular weight is 191 g/mol. The summed E-state index contributed by atoms with van der Waals surface area (Å²) in [7, 11) is -0.938. The second-order valence-electron chi connectivity index (χ2n) is 3.35. The highest BCUT2D eigenvalue weighted by Gasteiger charge is 2.35. The molecule has 1 rings (SSSR count). The highest BCUT2D eigenvalue weighted by Crippen LogP contribution is 2.23. The summed E-state index contributed by atoms with van der Waals surface area (Å²) in [6.07, 6.45) is 2.56. The number of hydrogen-bond acceptors (Lipinski definition) is 3. The molecule has 2 atom stereocenters. The molecule has 0 saturated carbocycles. The first-order valence-electron chi connectivity index (χ1n) is 4.50. The molecular formula is C8H17NO2S. The molecule has 4 heteroatoms. The molecule has 1 fully saturated rings. The van der Waals surface area contributed by atoms with Crippen molar-refractivity contribution in [3.63, 3.8) is 0 Å². The van der Waals surface area contributed by atoms with E-state index < -0.39 is 9.84 Å². The minimum atomic E-state index is -2.77. The molecule has 2 unspecified atom stereocenters. The SMILES string of the molecule is CCC(NC)C1CCCS1(=O)=O. The molecule has 12 heavy (non-hydrogen) atoms. The molecule has 3 nitrogen and oxygen atoms in total. The molecule has 0 aliphatic carbocycles. The van der Waals surface area contributed by atoms with Crippen molar-refractivity contribution in [1.82, 2.24) is 5.32 Å². The first kappa shape index (κ1) is 9.99. The smallest absolute Gasteiger partial charge is 0.154 e. The Labute approximate surface area is 74.5 Å². The first-order valence-corrected chi connectivity index (χ1v) is 6.22. The van der Waals surface area contributed by atoms with Crippen molar-refractivity contribution in [2.45, 2.75) is 37.5 Å². The molecule has 0 aromatic heterocycles. The molecule has 0 aromatic rings. The van der Waals surface area contributed by atoms with Gasteiger partial charge in [0.25, 0.3) is 0 Å². The van der Waals surface area contributed by atoms with E-state index in [4.69, 9.17) is 0 Å².